The van der Waals surface area contributed by atoms with Crippen molar-refractivity contribution in [2.24, 2.45) is 0 Å². The first-order valence-corrected chi connectivity index (χ1v) is 4.70. The van der Waals surface area contributed by atoms with E-state index >= 15 is 0 Å². The fourth-order valence-corrected chi connectivity index (χ4v) is 1.80. The Balaban J connectivity index is 2.31. The molecule has 0 saturated carbocycles. The minimum atomic E-state index is 1.27. The van der Waals surface area contributed by atoms with E-state index in [0.717, 1.165) is 0 Å². The summed E-state index contributed by atoms with van der Waals surface area (Å²) < 4.78 is 0. The Morgan fingerprint density at radius 3 is 1.67 bits per heavy atom. The first kappa shape index (κ1) is 7.60. The maximum atomic E-state index is 2.26. The van der Waals surface area contributed by atoms with Gasteiger partial charge in [0.1, 0.15) is 0 Å². The SMILES string of the molecule is C1=C\C=C/C2=C(\C=C/1)CCCC2. The van der Waals surface area contributed by atoms with Gasteiger partial charge in [0.05, 0.1) is 0 Å². The van der Waals surface area contributed by atoms with Crippen molar-refractivity contribution in [3.05, 3.63) is 47.6 Å². The molecule has 0 atom stereocenters. The third-order valence-corrected chi connectivity index (χ3v) is 2.48. The molecule has 0 aliphatic heterocycles. The van der Waals surface area contributed by atoms with Crippen LogP contribution in [0.1, 0.15) is 25.7 Å². The summed E-state index contributed by atoms with van der Waals surface area (Å²) >= 11 is 0. The van der Waals surface area contributed by atoms with Crippen molar-refractivity contribution in [1.29, 1.82) is 0 Å². The Morgan fingerprint density at radius 2 is 1.17 bits per heavy atom. The van der Waals surface area contributed by atoms with Crippen LogP contribution < -0.4 is 0 Å². The lowest BCUT2D eigenvalue weighted by molar-refractivity contribution is 0.693. The zero-order valence-corrected chi connectivity index (χ0v) is 7.29. The van der Waals surface area contributed by atoms with Gasteiger partial charge >= 0.3 is 0 Å². The van der Waals surface area contributed by atoms with Crippen LogP contribution in [0.4, 0.5) is 0 Å². The van der Waals surface area contributed by atoms with Crippen molar-refractivity contribution in [3.63, 3.8) is 0 Å². The first-order valence-electron chi connectivity index (χ1n) is 4.70. The second-order valence-corrected chi connectivity index (χ2v) is 3.36. The molecule has 0 bridgehead atoms. The monoisotopic (exact) mass is 158 g/mol. The van der Waals surface area contributed by atoms with E-state index in [0.29, 0.717) is 0 Å². The molecule has 0 amide bonds. The highest BCUT2D eigenvalue weighted by atomic mass is 14.1. The summed E-state index contributed by atoms with van der Waals surface area (Å²) in [5.41, 5.74) is 3.09. The van der Waals surface area contributed by atoms with Gasteiger partial charge in [-0.05, 0) is 36.8 Å². The van der Waals surface area contributed by atoms with Gasteiger partial charge in [0.2, 0.25) is 0 Å². The fraction of sp³-hybridized carbons (Fsp3) is 0.333. The van der Waals surface area contributed by atoms with Gasteiger partial charge in [0, 0.05) is 0 Å². The van der Waals surface area contributed by atoms with Gasteiger partial charge in [-0.2, -0.15) is 0 Å². The summed E-state index contributed by atoms with van der Waals surface area (Å²) in [7, 11) is 0. The largest absolute Gasteiger partial charge is 0.0623 e. The molecule has 0 heterocycles. The molecular formula is C12H14. The zero-order chi connectivity index (χ0) is 8.23. The van der Waals surface area contributed by atoms with Crippen LogP contribution in [-0.4, -0.2) is 0 Å². The summed E-state index contributed by atoms with van der Waals surface area (Å²) in [5, 5.41) is 0. The van der Waals surface area contributed by atoms with Crippen LogP contribution in [0.25, 0.3) is 0 Å². The lowest BCUT2D eigenvalue weighted by Crippen LogP contribution is -1.96. The standard InChI is InChI=1S/C12H14/c1-2-4-8-12-10-6-5-9-11(12)7-3-1/h1-4,7-8H,5-6,9-10H2/b2-1-,3-1?,4-2?,7-3-,8-4-,11-7?,12-8?. The van der Waals surface area contributed by atoms with Gasteiger partial charge in [0.15, 0.2) is 0 Å². The first-order chi connectivity index (χ1) is 5.97. The molecule has 0 nitrogen and oxygen atoms in total. The molecule has 12 heavy (non-hydrogen) atoms. The molecule has 0 N–H and O–H groups in total. The number of hydrogen-bond acceptors (Lipinski definition) is 0. The predicted octanol–water partition coefficient (Wildman–Crippen LogP) is 3.54. The van der Waals surface area contributed by atoms with E-state index in [9.17, 15) is 0 Å². The maximum absolute atomic E-state index is 2.26. The predicted molar refractivity (Wildman–Crippen MR) is 52.9 cm³/mol. The van der Waals surface area contributed by atoms with Crippen LogP contribution in [-0.2, 0) is 0 Å². The minimum Gasteiger partial charge on any atom is -0.0623 e. The molecule has 2 aliphatic rings. The molecule has 0 unspecified atom stereocenters. The third kappa shape index (κ3) is 1.58. The molecule has 0 aromatic heterocycles. The maximum Gasteiger partial charge on any atom is -0.0276 e. The fourth-order valence-electron chi connectivity index (χ4n) is 1.80. The molecule has 0 radical (unpaired) electrons. The van der Waals surface area contributed by atoms with E-state index in [1.54, 1.807) is 11.1 Å². The summed E-state index contributed by atoms with van der Waals surface area (Å²) in [6.45, 7) is 0. The van der Waals surface area contributed by atoms with Gasteiger partial charge in [-0.25, -0.2) is 0 Å². The lowest BCUT2D eigenvalue weighted by atomic mass is 9.90. The highest BCUT2D eigenvalue weighted by molar-refractivity contribution is 5.39. The molecule has 2 rings (SSSR count). The molecule has 62 valence electrons. The molecule has 0 saturated heterocycles. The highest BCUT2D eigenvalue weighted by Gasteiger charge is 2.07. The second-order valence-electron chi connectivity index (χ2n) is 3.36. The van der Waals surface area contributed by atoms with E-state index in [1.807, 2.05) is 0 Å². The minimum absolute atomic E-state index is 1.27. The van der Waals surface area contributed by atoms with Crippen LogP contribution >= 0.6 is 0 Å². The van der Waals surface area contributed by atoms with Crippen LogP contribution in [0.15, 0.2) is 47.6 Å². The summed E-state index contributed by atoms with van der Waals surface area (Å²) in [5.74, 6) is 0. The van der Waals surface area contributed by atoms with E-state index in [4.69, 9.17) is 0 Å². The van der Waals surface area contributed by atoms with Gasteiger partial charge < -0.3 is 0 Å². The average Bonchev–Trinajstić information content (AvgIpc) is 2.06. The van der Waals surface area contributed by atoms with Crippen molar-refractivity contribution >= 4 is 0 Å². The second kappa shape index (κ2) is 3.57. The summed E-state index contributed by atoms with van der Waals surface area (Å²) in [6.07, 6.45) is 18.2. The van der Waals surface area contributed by atoms with E-state index in [1.165, 1.54) is 25.7 Å². The van der Waals surface area contributed by atoms with Crippen LogP contribution in [0.3, 0.4) is 0 Å². The average molecular weight is 158 g/mol. The molecule has 0 spiro atoms. The third-order valence-electron chi connectivity index (χ3n) is 2.48. The van der Waals surface area contributed by atoms with Crippen LogP contribution in [0.5, 0.6) is 0 Å². The van der Waals surface area contributed by atoms with Crippen LogP contribution in [0, 0.1) is 0 Å². The van der Waals surface area contributed by atoms with Gasteiger partial charge in [-0.15, -0.1) is 0 Å². The van der Waals surface area contributed by atoms with Crippen molar-refractivity contribution in [2.45, 2.75) is 25.7 Å². The number of allylic oxidation sites excluding steroid dienone is 8. The van der Waals surface area contributed by atoms with Crippen molar-refractivity contribution in [3.8, 4) is 0 Å². The highest BCUT2D eigenvalue weighted by Crippen LogP contribution is 2.26. The lowest BCUT2D eigenvalue weighted by Gasteiger charge is -2.15. The smallest absolute Gasteiger partial charge is 0.0276 e. The van der Waals surface area contributed by atoms with Crippen molar-refractivity contribution < 1.29 is 0 Å². The molecule has 0 aromatic carbocycles. The summed E-state index contributed by atoms with van der Waals surface area (Å²) in [6, 6.07) is 0. The normalized spacial score (nSPS) is 30.0. The zero-order valence-electron chi connectivity index (χ0n) is 7.29. The summed E-state index contributed by atoms with van der Waals surface area (Å²) in [4.78, 5) is 0. The van der Waals surface area contributed by atoms with Crippen molar-refractivity contribution in [2.75, 3.05) is 0 Å². The van der Waals surface area contributed by atoms with Gasteiger partial charge in [-0.3, -0.25) is 0 Å². The number of hydrogen-bond donors (Lipinski definition) is 0. The van der Waals surface area contributed by atoms with Crippen LogP contribution in [0.2, 0.25) is 0 Å². The Hall–Kier alpha value is -1.04. The van der Waals surface area contributed by atoms with E-state index in [2.05, 4.69) is 36.5 Å². The molecule has 0 fully saturated rings. The number of rotatable bonds is 0. The quantitative estimate of drug-likeness (QED) is 0.506. The topological polar surface area (TPSA) is 0 Å². The van der Waals surface area contributed by atoms with E-state index in [-0.39, 0.29) is 0 Å². The molecule has 0 aromatic rings. The Labute approximate surface area is 74.0 Å². The van der Waals surface area contributed by atoms with Gasteiger partial charge in [0.25, 0.3) is 0 Å². The Kier molecular flexibility index (Phi) is 2.26. The Bertz CT molecular complexity index is 246. The molecular weight excluding hydrogens is 144 g/mol. The van der Waals surface area contributed by atoms with Crippen molar-refractivity contribution in [1.82, 2.24) is 0 Å². The molecule has 2 aliphatic carbocycles. The Morgan fingerprint density at radius 1 is 0.667 bits per heavy atom. The van der Waals surface area contributed by atoms with E-state index < -0.39 is 0 Å². The molecule has 0 heteroatoms. The van der Waals surface area contributed by atoms with Gasteiger partial charge in [-0.1, -0.05) is 36.5 Å².